The highest BCUT2D eigenvalue weighted by molar-refractivity contribution is 4.92. The Morgan fingerprint density at radius 2 is 1.70 bits per heavy atom. The van der Waals surface area contributed by atoms with E-state index in [1.165, 1.54) is 25.8 Å². The molecule has 0 aromatic rings. The molecule has 2 heteroatoms. The summed E-state index contributed by atoms with van der Waals surface area (Å²) in [4.78, 5) is 2.74. The molecule has 120 valence electrons. The fourth-order valence-electron chi connectivity index (χ4n) is 3.83. The van der Waals surface area contributed by atoms with Gasteiger partial charge in [0.25, 0.3) is 0 Å². The molecule has 2 N–H and O–H groups in total. The number of rotatable bonds is 5. The van der Waals surface area contributed by atoms with Crippen molar-refractivity contribution in [1.82, 2.24) is 4.90 Å². The lowest BCUT2D eigenvalue weighted by atomic mass is 9.67. The van der Waals surface area contributed by atoms with Gasteiger partial charge in [0, 0.05) is 18.6 Å². The van der Waals surface area contributed by atoms with Crippen LogP contribution in [0.3, 0.4) is 0 Å². The fourth-order valence-corrected chi connectivity index (χ4v) is 3.83. The number of nitrogens with two attached hydrogens (primary N) is 1. The topological polar surface area (TPSA) is 29.3 Å². The smallest absolute Gasteiger partial charge is 0.0141 e. The highest BCUT2D eigenvalue weighted by Crippen LogP contribution is 2.41. The van der Waals surface area contributed by atoms with Crippen molar-refractivity contribution in [2.75, 3.05) is 13.1 Å². The summed E-state index contributed by atoms with van der Waals surface area (Å²) in [6.07, 6.45) is 4.00. The molecule has 0 radical (unpaired) electrons. The van der Waals surface area contributed by atoms with Crippen molar-refractivity contribution in [3.63, 3.8) is 0 Å². The first kappa shape index (κ1) is 18.0. The van der Waals surface area contributed by atoms with E-state index in [0.717, 1.165) is 18.4 Å². The normalized spacial score (nSPS) is 28.6. The maximum Gasteiger partial charge on any atom is 0.0141 e. The van der Waals surface area contributed by atoms with Crippen molar-refractivity contribution in [3.8, 4) is 0 Å². The minimum Gasteiger partial charge on any atom is -0.330 e. The van der Waals surface area contributed by atoms with Gasteiger partial charge < -0.3 is 5.73 Å². The number of hydrogen-bond donors (Lipinski definition) is 1. The van der Waals surface area contributed by atoms with Crippen LogP contribution in [0.25, 0.3) is 0 Å². The van der Waals surface area contributed by atoms with Crippen LogP contribution in [-0.2, 0) is 0 Å². The molecule has 1 aliphatic rings. The van der Waals surface area contributed by atoms with E-state index in [2.05, 4.69) is 53.4 Å². The molecule has 1 rings (SSSR count). The van der Waals surface area contributed by atoms with Gasteiger partial charge >= 0.3 is 0 Å². The maximum absolute atomic E-state index is 6.09. The van der Waals surface area contributed by atoms with E-state index in [1.807, 2.05) is 0 Å². The van der Waals surface area contributed by atoms with Crippen LogP contribution in [0.2, 0.25) is 0 Å². The molecule has 0 spiro atoms. The second-order valence-corrected chi connectivity index (χ2v) is 8.62. The maximum atomic E-state index is 6.09. The number of hydrogen-bond acceptors (Lipinski definition) is 2. The Labute approximate surface area is 127 Å². The highest BCUT2D eigenvalue weighted by atomic mass is 15.2. The Hall–Kier alpha value is -0.0800. The summed E-state index contributed by atoms with van der Waals surface area (Å²) < 4.78 is 0. The first-order valence-corrected chi connectivity index (χ1v) is 8.62. The molecule has 0 bridgehead atoms. The molecule has 0 amide bonds. The highest BCUT2D eigenvalue weighted by Gasteiger charge is 2.38. The van der Waals surface area contributed by atoms with Crippen molar-refractivity contribution in [1.29, 1.82) is 0 Å². The van der Waals surface area contributed by atoms with Crippen molar-refractivity contribution < 1.29 is 0 Å². The van der Waals surface area contributed by atoms with E-state index in [-0.39, 0.29) is 0 Å². The van der Waals surface area contributed by atoms with Gasteiger partial charge in [0.05, 0.1) is 0 Å². The molecular formula is C18H38N2. The van der Waals surface area contributed by atoms with Gasteiger partial charge in [-0.1, -0.05) is 34.6 Å². The Bertz CT molecular complexity index is 278. The lowest BCUT2D eigenvalue weighted by Gasteiger charge is -2.48. The van der Waals surface area contributed by atoms with Crippen molar-refractivity contribution >= 4 is 0 Å². The first-order chi connectivity index (χ1) is 9.16. The standard InChI is InChI=1S/C18H38N2/c1-13(2)12-20(14(3)4)17-10-16(18(5,6)7)9-8-15(17)11-19/h13-17H,8-12,19H2,1-7H3. The zero-order valence-electron chi connectivity index (χ0n) is 14.9. The predicted molar refractivity (Wildman–Crippen MR) is 89.8 cm³/mol. The zero-order valence-corrected chi connectivity index (χ0v) is 14.9. The second kappa shape index (κ2) is 7.26. The fraction of sp³-hybridized carbons (Fsp3) is 1.00. The molecule has 1 aliphatic carbocycles. The minimum atomic E-state index is 0.429. The number of nitrogens with zero attached hydrogens (tertiary/aromatic N) is 1. The summed E-state index contributed by atoms with van der Waals surface area (Å²) in [6, 6.07) is 1.30. The van der Waals surface area contributed by atoms with Gasteiger partial charge in [-0.25, -0.2) is 0 Å². The summed E-state index contributed by atoms with van der Waals surface area (Å²) >= 11 is 0. The van der Waals surface area contributed by atoms with Gasteiger partial charge in [0.1, 0.15) is 0 Å². The minimum absolute atomic E-state index is 0.429. The van der Waals surface area contributed by atoms with Gasteiger partial charge in [-0.3, -0.25) is 4.90 Å². The third-order valence-corrected chi connectivity index (χ3v) is 5.15. The average Bonchev–Trinajstić information content (AvgIpc) is 2.33. The Morgan fingerprint density at radius 3 is 2.10 bits per heavy atom. The molecule has 3 unspecified atom stereocenters. The third kappa shape index (κ3) is 4.73. The van der Waals surface area contributed by atoms with Gasteiger partial charge in [-0.05, 0) is 62.8 Å². The SMILES string of the molecule is CC(C)CN(C(C)C)C1CC(C(C)(C)C)CCC1CN. The van der Waals surface area contributed by atoms with Crippen LogP contribution in [0.4, 0.5) is 0 Å². The quantitative estimate of drug-likeness (QED) is 0.821. The van der Waals surface area contributed by atoms with Crippen LogP contribution >= 0.6 is 0 Å². The molecule has 0 saturated heterocycles. The summed E-state index contributed by atoms with van der Waals surface area (Å²) in [5.74, 6) is 2.25. The van der Waals surface area contributed by atoms with Crippen LogP contribution in [0, 0.1) is 23.2 Å². The monoisotopic (exact) mass is 282 g/mol. The van der Waals surface area contributed by atoms with E-state index < -0.39 is 0 Å². The van der Waals surface area contributed by atoms with E-state index in [9.17, 15) is 0 Å². The molecule has 0 aliphatic heterocycles. The van der Waals surface area contributed by atoms with Crippen LogP contribution in [0.15, 0.2) is 0 Å². The Balaban J connectivity index is 2.88. The average molecular weight is 283 g/mol. The third-order valence-electron chi connectivity index (χ3n) is 5.15. The van der Waals surface area contributed by atoms with Gasteiger partial charge in [0.15, 0.2) is 0 Å². The van der Waals surface area contributed by atoms with Crippen molar-refractivity contribution in [3.05, 3.63) is 0 Å². The summed E-state index contributed by atoms with van der Waals surface area (Å²) in [5.41, 5.74) is 6.52. The lowest BCUT2D eigenvalue weighted by Crippen LogP contribution is -2.52. The molecule has 20 heavy (non-hydrogen) atoms. The summed E-state index contributed by atoms with van der Waals surface area (Å²) in [6.45, 7) is 18.6. The van der Waals surface area contributed by atoms with Crippen LogP contribution < -0.4 is 5.73 Å². The molecule has 1 fully saturated rings. The Morgan fingerprint density at radius 1 is 1.10 bits per heavy atom. The van der Waals surface area contributed by atoms with E-state index in [0.29, 0.717) is 23.4 Å². The molecule has 3 atom stereocenters. The van der Waals surface area contributed by atoms with Crippen molar-refractivity contribution in [2.24, 2.45) is 28.9 Å². The van der Waals surface area contributed by atoms with Gasteiger partial charge in [-0.2, -0.15) is 0 Å². The van der Waals surface area contributed by atoms with Crippen molar-refractivity contribution in [2.45, 2.75) is 79.8 Å². The molecule has 1 saturated carbocycles. The second-order valence-electron chi connectivity index (χ2n) is 8.62. The lowest BCUT2D eigenvalue weighted by molar-refractivity contribution is 0.0215. The van der Waals surface area contributed by atoms with Crippen LogP contribution in [0.5, 0.6) is 0 Å². The largest absolute Gasteiger partial charge is 0.330 e. The van der Waals surface area contributed by atoms with Crippen LogP contribution in [-0.4, -0.2) is 30.1 Å². The predicted octanol–water partition coefficient (Wildman–Crippen LogP) is 4.14. The molecule has 0 aromatic carbocycles. The molecular weight excluding hydrogens is 244 g/mol. The van der Waals surface area contributed by atoms with Gasteiger partial charge in [0.2, 0.25) is 0 Å². The Kier molecular flexibility index (Phi) is 6.53. The zero-order chi connectivity index (χ0) is 15.5. The first-order valence-electron chi connectivity index (χ1n) is 8.62. The van der Waals surface area contributed by atoms with E-state index in [4.69, 9.17) is 5.73 Å². The van der Waals surface area contributed by atoms with Crippen LogP contribution in [0.1, 0.15) is 67.7 Å². The molecule has 0 heterocycles. The van der Waals surface area contributed by atoms with E-state index in [1.54, 1.807) is 0 Å². The summed E-state index contributed by atoms with van der Waals surface area (Å²) in [7, 11) is 0. The molecule has 2 nitrogen and oxygen atoms in total. The summed E-state index contributed by atoms with van der Waals surface area (Å²) in [5, 5.41) is 0. The van der Waals surface area contributed by atoms with Gasteiger partial charge in [-0.15, -0.1) is 0 Å². The van der Waals surface area contributed by atoms with E-state index >= 15 is 0 Å². The molecule has 0 aromatic heterocycles.